The number of hydrogen-bond acceptors (Lipinski definition) is 8. The highest BCUT2D eigenvalue weighted by molar-refractivity contribution is 5.77. The predicted molar refractivity (Wildman–Crippen MR) is 174 cm³/mol. The number of fused-ring (bicyclic) bond motifs is 6. The van der Waals surface area contributed by atoms with Gasteiger partial charge >= 0.3 is 0 Å². The zero-order chi connectivity index (χ0) is 31.2. The third-order valence-corrected chi connectivity index (χ3v) is 9.63. The highest BCUT2D eigenvalue weighted by atomic mass is 16.5. The number of nitrogens with zero attached hydrogens (tertiary/aromatic N) is 1. The second kappa shape index (κ2) is 11.8. The molecule has 0 spiro atoms. The molecular weight excluding hydrogens is 568 g/mol. The number of rotatable bonds is 4. The first-order chi connectivity index (χ1) is 21.9. The van der Waals surface area contributed by atoms with Crippen LogP contribution in [0.4, 0.5) is 0 Å². The lowest BCUT2D eigenvalue weighted by atomic mass is 9.86. The van der Waals surface area contributed by atoms with Crippen molar-refractivity contribution in [1.29, 1.82) is 0 Å². The number of phenolic OH excluding ortho intramolecular Hbond substituents is 1. The summed E-state index contributed by atoms with van der Waals surface area (Å²) in [6.07, 6.45) is 3.18. The predicted octanol–water partition coefficient (Wildman–Crippen LogP) is 6.40. The van der Waals surface area contributed by atoms with Crippen molar-refractivity contribution in [3.8, 4) is 51.4 Å². The van der Waals surface area contributed by atoms with Crippen LogP contribution in [0.2, 0.25) is 0 Å². The van der Waals surface area contributed by atoms with Crippen molar-refractivity contribution in [3.63, 3.8) is 0 Å². The lowest BCUT2D eigenvalue weighted by Crippen LogP contribution is -2.34. The van der Waals surface area contributed by atoms with Crippen LogP contribution in [-0.4, -0.2) is 58.6 Å². The van der Waals surface area contributed by atoms with Gasteiger partial charge < -0.3 is 34.1 Å². The van der Waals surface area contributed by atoms with Crippen LogP contribution >= 0.6 is 0 Å². The first-order valence-electron chi connectivity index (χ1n) is 15.5. The Morgan fingerprint density at radius 1 is 0.778 bits per heavy atom. The summed E-state index contributed by atoms with van der Waals surface area (Å²) in [5, 5.41) is 14.9. The van der Waals surface area contributed by atoms with Gasteiger partial charge in [0.2, 0.25) is 5.75 Å². The third kappa shape index (κ3) is 5.12. The lowest BCUT2D eigenvalue weighted by molar-refractivity contribution is 0.221. The molecule has 0 saturated heterocycles. The van der Waals surface area contributed by atoms with E-state index in [-0.39, 0.29) is 17.8 Å². The fourth-order valence-electron chi connectivity index (χ4n) is 7.29. The van der Waals surface area contributed by atoms with Crippen LogP contribution in [0.3, 0.4) is 0 Å². The largest absolute Gasteiger partial charge is 0.507 e. The van der Waals surface area contributed by atoms with Gasteiger partial charge in [0.25, 0.3) is 0 Å². The molecule has 45 heavy (non-hydrogen) atoms. The number of ether oxygens (including phenoxy) is 5. The summed E-state index contributed by atoms with van der Waals surface area (Å²) in [5.74, 6) is 4.11. The number of nitrogens with one attached hydrogen (secondary N) is 1. The summed E-state index contributed by atoms with van der Waals surface area (Å²) in [6, 6.07) is 18.5. The Kier molecular flexibility index (Phi) is 7.71. The fourth-order valence-corrected chi connectivity index (χ4v) is 7.29. The van der Waals surface area contributed by atoms with E-state index < -0.39 is 0 Å². The molecule has 2 atom stereocenters. The molecule has 7 rings (SSSR count). The van der Waals surface area contributed by atoms with Gasteiger partial charge in [0, 0.05) is 35.3 Å². The van der Waals surface area contributed by atoms with Crippen molar-refractivity contribution in [2.24, 2.45) is 0 Å². The van der Waals surface area contributed by atoms with Crippen LogP contribution in [0, 0.1) is 0 Å². The van der Waals surface area contributed by atoms with E-state index in [0.29, 0.717) is 35.2 Å². The summed E-state index contributed by atoms with van der Waals surface area (Å²) < 4.78 is 30.6. The maximum Gasteiger partial charge on any atom is 0.204 e. The van der Waals surface area contributed by atoms with Gasteiger partial charge in [0.15, 0.2) is 23.0 Å². The molecule has 0 aliphatic carbocycles. The molecule has 0 saturated carbocycles. The zero-order valence-electron chi connectivity index (χ0n) is 26.5. The smallest absolute Gasteiger partial charge is 0.204 e. The van der Waals surface area contributed by atoms with Crippen LogP contribution < -0.4 is 29.0 Å². The van der Waals surface area contributed by atoms with Gasteiger partial charge in [-0.15, -0.1) is 0 Å². The number of aromatic hydroxyl groups is 1. The summed E-state index contributed by atoms with van der Waals surface area (Å²) >= 11 is 0. The molecule has 6 bridgehead atoms. The van der Waals surface area contributed by atoms with Crippen LogP contribution in [-0.2, 0) is 25.7 Å². The van der Waals surface area contributed by atoms with E-state index in [1.54, 1.807) is 34.5 Å². The minimum absolute atomic E-state index is 0.0179. The average Bonchev–Trinajstić information content (AvgIpc) is 3.06. The molecule has 2 N–H and O–H groups in total. The number of likely N-dealkylation sites (N-methyl/N-ethyl adjacent to an activating group) is 1. The summed E-state index contributed by atoms with van der Waals surface area (Å²) in [4.78, 5) is 2.37. The van der Waals surface area contributed by atoms with E-state index in [1.807, 2.05) is 12.1 Å². The first-order valence-corrected chi connectivity index (χ1v) is 15.5. The number of hydrogen-bond donors (Lipinski definition) is 2. The van der Waals surface area contributed by atoms with E-state index >= 15 is 0 Å². The Morgan fingerprint density at radius 2 is 1.51 bits per heavy atom. The van der Waals surface area contributed by atoms with Crippen LogP contribution in [0.25, 0.3) is 11.1 Å². The standard InChI is InChI=1S/C37H40N2O6/c1-39-13-11-24-19-34(43-4)36(44-5)37-35(24)29(39)17-22-7-9-31(41-2)27(15-22)26-14-21(6-8-30(26)40)16-28-25-20-33(45-37)32(42-3)18-23(25)10-12-38-28/h6-9,14-15,18-20,28-29,38,40H,10-13,16-17H2,1-5H3/t28-,29-/m1/s1. The minimum Gasteiger partial charge on any atom is -0.507 e. The summed E-state index contributed by atoms with van der Waals surface area (Å²) in [7, 11) is 8.84. The van der Waals surface area contributed by atoms with Crippen molar-refractivity contribution in [1.82, 2.24) is 10.2 Å². The first kappa shape index (κ1) is 29.3. The molecule has 4 aromatic rings. The molecule has 3 aliphatic rings. The van der Waals surface area contributed by atoms with Gasteiger partial charge in [0.05, 0.1) is 28.4 Å². The van der Waals surface area contributed by atoms with Crippen LogP contribution in [0.5, 0.6) is 40.2 Å². The Labute approximate surface area is 264 Å². The molecule has 0 unspecified atom stereocenters. The van der Waals surface area contributed by atoms with E-state index in [9.17, 15) is 5.11 Å². The number of phenols is 1. The van der Waals surface area contributed by atoms with Gasteiger partial charge in [-0.1, -0.05) is 12.1 Å². The lowest BCUT2D eigenvalue weighted by Gasteiger charge is -2.37. The fraction of sp³-hybridized carbons (Fsp3) is 0.351. The van der Waals surface area contributed by atoms with Crippen molar-refractivity contribution in [3.05, 3.63) is 88.0 Å². The van der Waals surface area contributed by atoms with Gasteiger partial charge in [-0.2, -0.15) is 0 Å². The van der Waals surface area contributed by atoms with Gasteiger partial charge in [-0.25, -0.2) is 0 Å². The monoisotopic (exact) mass is 608 g/mol. The molecule has 234 valence electrons. The molecule has 4 aromatic carbocycles. The number of benzene rings is 4. The second-order valence-electron chi connectivity index (χ2n) is 12.1. The van der Waals surface area contributed by atoms with Gasteiger partial charge in [-0.05, 0) is 110 Å². The van der Waals surface area contributed by atoms with Crippen LogP contribution in [0.1, 0.15) is 45.5 Å². The Hall–Kier alpha value is -4.40. The Balaban J connectivity index is 1.51. The van der Waals surface area contributed by atoms with Crippen molar-refractivity contribution < 1.29 is 28.8 Å². The SMILES string of the molecule is COc1cc2c3cc1Oc1c(OC)c(OC)cc4c1[C@@H](Cc1ccc(OC)c(c1)-c1cc(ccc1O)C[C@H]3NCC2)N(C)CC4. The zero-order valence-corrected chi connectivity index (χ0v) is 26.5. The highest BCUT2D eigenvalue weighted by Gasteiger charge is 2.34. The molecule has 0 fully saturated rings. The van der Waals surface area contributed by atoms with Crippen LogP contribution in [0.15, 0.2) is 54.6 Å². The molecular formula is C37H40N2O6. The molecule has 3 heterocycles. The number of methoxy groups -OCH3 is 4. The van der Waals surface area contributed by atoms with E-state index in [4.69, 9.17) is 23.7 Å². The minimum atomic E-state index is -0.0179. The van der Waals surface area contributed by atoms with Gasteiger partial charge in [-0.3, -0.25) is 4.90 Å². The average molecular weight is 609 g/mol. The van der Waals surface area contributed by atoms with Crippen molar-refractivity contribution in [2.75, 3.05) is 48.6 Å². The highest BCUT2D eigenvalue weighted by Crippen LogP contribution is 2.52. The molecule has 3 aliphatic heterocycles. The molecule has 0 aromatic heterocycles. The molecule has 8 heteroatoms. The maximum absolute atomic E-state index is 11.1. The van der Waals surface area contributed by atoms with E-state index in [0.717, 1.165) is 65.9 Å². The Morgan fingerprint density at radius 3 is 2.29 bits per heavy atom. The van der Waals surface area contributed by atoms with E-state index in [1.165, 1.54) is 16.7 Å². The molecule has 0 amide bonds. The normalized spacial score (nSPS) is 18.8. The topological polar surface area (TPSA) is 81.7 Å². The second-order valence-corrected chi connectivity index (χ2v) is 12.1. The van der Waals surface area contributed by atoms with Crippen molar-refractivity contribution >= 4 is 0 Å². The quantitative estimate of drug-likeness (QED) is 0.276. The summed E-state index contributed by atoms with van der Waals surface area (Å²) in [6.45, 7) is 1.74. The molecule has 8 nitrogen and oxygen atoms in total. The molecule has 0 radical (unpaired) electrons. The third-order valence-electron chi connectivity index (χ3n) is 9.63. The maximum atomic E-state index is 11.1. The van der Waals surface area contributed by atoms with Gasteiger partial charge in [0.1, 0.15) is 11.5 Å². The Bertz CT molecular complexity index is 1770. The van der Waals surface area contributed by atoms with Crippen molar-refractivity contribution in [2.45, 2.75) is 37.8 Å². The van der Waals surface area contributed by atoms with E-state index in [2.05, 4.69) is 53.7 Å². The summed E-state index contributed by atoms with van der Waals surface area (Å²) in [5.41, 5.74) is 8.50.